The largest absolute Gasteiger partial charge is 0.285 e. The highest BCUT2D eigenvalue weighted by Crippen LogP contribution is 2.40. The number of rotatable bonds is 1. The van der Waals surface area contributed by atoms with Crippen LogP contribution in [0.15, 0.2) is 0 Å². The van der Waals surface area contributed by atoms with Crippen molar-refractivity contribution in [3.05, 3.63) is 0 Å². The highest BCUT2D eigenvalue weighted by molar-refractivity contribution is 9.18. The van der Waals surface area contributed by atoms with E-state index in [1.54, 1.807) is 0 Å². The molecule has 1 aliphatic carbocycles. The molecule has 1 nitrogen and oxygen atoms in total. The van der Waals surface area contributed by atoms with E-state index in [2.05, 4.69) is 15.9 Å². The molecule has 1 fully saturated rings. The lowest BCUT2D eigenvalue weighted by Crippen LogP contribution is -2.36. The van der Waals surface area contributed by atoms with Crippen molar-refractivity contribution < 1.29 is 4.79 Å². The minimum Gasteiger partial charge on any atom is -0.285 e. The Hall–Kier alpha value is 0.440. The summed E-state index contributed by atoms with van der Waals surface area (Å²) in [5.74, 6) is 0. The van der Waals surface area contributed by atoms with Crippen LogP contribution in [0.1, 0.15) is 19.3 Å². The van der Waals surface area contributed by atoms with Crippen molar-refractivity contribution in [2.75, 3.05) is 0 Å². The molecule has 0 aromatic carbocycles. The highest BCUT2D eigenvalue weighted by Gasteiger charge is 2.40. The van der Waals surface area contributed by atoms with Crippen LogP contribution in [0.5, 0.6) is 0 Å². The Morgan fingerprint density at radius 1 is 1.62 bits per heavy atom. The van der Waals surface area contributed by atoms with Gasteiger partial charge < -0.3 is 0 Å². The average Bonchev–Trinajstić information content (AvgIpc) is 1.60. The van der Waals surface area contributed by atoms with Gasteiger partial charge in [-0.3, -0.25) is 4.79 Å². The van der Waals surface area contributed by atoms with Crippen LogP contribution in [-0.2, 0) is 4.79 Å². The molecule has 0 unspecified atom stereocenters. The van der Waals surface area contributed by atoms with Crippen molar-refractivity contribution in [1.82, 2.24) is 0 Å². The standard InChI is InChI=1S/C5H6BrClO/c6-4(8)5(7)2-1-3-5/h1-3H2. The Bertz CT molecular complexity index is 120. The van der Waals surface area contributed by atoms with Crippen molar-refractivity contribution in [2.24, 2.45) is 0 Å². The molecule has 0 bridgehead atoms. The van der Waals surface area contributed by atoms with Gasteiger partial charge in [-0.05, 0) is 35.2 Å². The first-order valence-corrected chi connectivity index (χ1v) is 3.71. The Kier molecular flexibility index (Phi) is 1.63. The molecule has 0 radical (unpaired) electrons. The van der Waals surface area contributed by atoms with Gasteiger partial charge in [0.15, 0.2) is 0 Å². The lowest BCUT2D eigenvalue weighted by molar-refractivity contribution is -0.114. The monoisotopic (exact) mass is 196 g/mol. The van der Waals surface area contributed by atoms with Crippen molar-refractivity contribution in [2.45, 2.75) is 24.1 Å². The zero-order chi connectivity index (χ0) is 6.20. The summed E-state index contributed by atoms with van der Waals surface area (Å²) in [5.41, 5.74) is 0. The number of carbonyl (C=O) groups excluding carboxylic acids is 1. The van der Waals surface area contributed by atoms with Gasteiger partial charge in [-0.1, -0.05) is 0 Å². The number of halogens is 2. The minimum absolute atomic E-state index is 0.0575. The van der Waals surface area contributed by atoms with Gasteiger partial charge in [0.2, 0.25) is 4.69 Å². The molecule has 0 aliphatic heterocycles. The molecule has 0 atom stereocenters. The van der Waals surface area contributed by atoms with Crippen LogP contribution >= 0.6 is 27.5 Å². The van der Waals surface area contributed by atoms with Crippen LogP contribution < -0.4 is 0 Å². The molecule has 1 saturated carbocycles. The normalized spacial score (nSPS) is 24.2. The molecular weight excluding hydrogens is 191 g/mol. The van der Waals surface area contributed by atoms with Gasteiger partial charge in [-0.2, -0.15) is 0 Å². The topological polar surface area (TPSA) is 17.1 Å². The van der Waals surface area contributed by atoms with Crippen molar-refractivity contribution >= 4 is 32.2 Å². The average molecular weight is 197 g/mol. The Morgan fingerprint density at radius 3 is 2.12 bits per heavy atom. The summed E-state index contributed by atoms with van der Waals surface area (Å²) in [6, 6.07) is 0. The van der Waals surface area contributed by atoms with Crippen LogP contribution in [0.25, 0.3) is 0 Å². The van der Waals surface area contributed by atoms with E-state index in [1.807, 2.05) is 0 Å². The van der Waals surface area contributed by atoms with E-state index >= 15 is 0 Å². The predicted octanol–water partition coefficient (Wildman–Crippen LogP) is 2.07. The maximum absolute atomic E-state index is 10.5. The Balaban J connectivity index is 2.53. The first-order chi connectivity index (χ1) is 3.65. The summed E-state index contributed by atoms with van der Waals surface area (Å²) < 4.78 is -0.0575. The first-order valence-electron chi connectivity index (χ1n) is 2.54. The number of alkyl halides is 1. The molecule has 3 heteroatoms. The maximum atomic E-state index is 10.5. The van der Waals surface area contributed by atoms with E-state index in [4.69, 9.17) is 11.6 Å². The van der Waals surface area contributed by atoms with Crippen LogP contribution in [0, 0.1) is 0 Å². The number of hydrogen-bond acceptors (Lipinski definition) is 1. The fourth-order valence-electron chi connectivity index (χ4n) is 0.684. The Morgan fingerprint density at radius 2 is 2.12 bits per heavy atom. The highest BCUT2D eigenvalue weighted by atomic mass is 79.9. The lowest BCUT2D eigenvalue weighted by atomic mass is 9.86. The first kappa shape index (κ1) is 6.56. The van der Waals surface area contributed by atoms with Gasteiger partial charge in [0.25, 0.3) is 0 Å². The molecule has 0 amide bonds. The van der Waals surface area contributed by atoms with Crippen LogP contribution in [0.4, 0.5) is 0 Å². The van der Waals surface area contributed by atoms with Crippen molar-refractivity contribution in [1.29, 1.82) is 0 Å². The third kappa shape index (κ3) is 0.914. The van der Waals surface area contributed by atoms with Gasteiger partial charge >= 0.3 is 0 Å². The molecule has 1 rings (SSSR count). The quantitative estimate of drug-likeness (QED) is 0.465. The minimum atomic E-state index is -0.528. The fourth-order valence-corrected chi connectivity index (χ4v) is 1.35. The molecule has 1 aliphatic rings. The van der Waals surface area contributed by atoms with Gasteiger partial charge in [0, 0.05) is 0 Å². The second-order valence-corrected chi connectivity index (χ2v) is 3.54. The second kappa shape index (κ2) is 1.99. The zero-order valence-electron chi connectivity index (χ0n) is 4.29. The fraction of sp³-hybridized carbons (Fsp3) is 0.800. The zero-order valence-corrected chi connectivity index (χ0v) is 6.63. The Labute approximate surface area is 61.5 Å². The van der Waals surface area contributed by atoms with Crippen molar-refractivity contribution in [3.8, 4) is 0 Å². The van der Waals surface area contributed by atoms with Gasteiger partial charge in [-0.25, -0.2) is 0 Å². The summed E-state index contributed by atoms with van der Waals surface area (Å²) in [5, 5.41) is 0. The van der Waals surface area contributed by atoms with E-state index in [9.17, 15) is 4.79 Å². The maximum Gasteiger partial charge on any atom is 0.218 e. The third-order valence-electron chi connectivity index (χ3n) is 1.50. The van der Waals surface area contributed by atoms with E-state index in [1.165, 1.54) is 0 Å². The summed E-state index contributed by atoms with van der Waals surface area (Å²) >= 11 is 8.58. The van der Waals surface area contributed by atoms with E-state index in [0.717, 1.165) is 19.3 Å². The molecule has 8 heavy (non-hydrogen) atoms. The number of hydrogen-bond donors (Lipinski definition) is 0. The second-order valence-electron chi connectivity index (χ2n) is 2.09. The lowest BCUT2D eigenvalue weighted by Gasteiger charge is -2.31. The molecule has 0 saturated heterocycles. The third-order valence-corrected chi connectivity index (χ3v) is 3.04. The molecule has 46 valence electrons. The number of carbonyl (C=O) groups is 1. The van der Waals surface area contributed by atoms with Crippen molar-refractivity contribution in [3.63, 3.8) is 0 Å². The van der Waals surface area contributed by atoms with E-state index < -0.39 is 4.87 Å². The molecular formula is C5H6BrClO. The van der Waals surface area contributed by atoms with Crippen LogP contribution in [0.3, 0.4) is 0 Å². The van der Waals surface area contributed by atoms with Gasteiger partial charge in [-0.15, -0.1) is 11.6 Å². The summed E-state index contributed by atoms with van der Waals surface area (Å²) in [6.07, 6.45) is 2.75. The molecule has 0 heterocycles. The summed E-state index contributed by atoms with van der Waals surface area (Å²) in [6.45, 7) is 0. The van der Waals surface area contributed by atoms with Crippen LogP contribution in [0.2, 0.25) is 0 Å². The van der Waals surface area contributed by atoms with E-state index in [0.29, 0.717) is 0 Å². The van der Waals surface area contributed by atoms with Gasteiger partial charge in [0.05, 0.1) is 0 Å². The molecule has 0 aromatic heterocycles. The summed E-state index contributed by atoms with van der Waals surface area (Å²) in [7, 11) is 0. The predicted molar refractivity (Wildman–Crippen MR) is 36.4 cm³/mol. The SMILES string of the molecule is O=C(Br)C1(Cl)CCC1. The molecule has 0 aromatic rings. The van der Waals surface area contributed by atoms with Crippen LogP contribution in [-0.4, -0.2) is 9.57 Å². The molecule has 0 spiro atoms. The van der Waals surface area contributed by atoms with E-state index in [-0.39, 0.29) is 4.69 Å². The summed E-state index contributed by atoms with van der Waals surface area (Å²) in [4.78, 5) is 10.0. The van der Waals surface area contributed by atoms with Gasteiger partial charge in [0.1, 0.15) is 4.87 Å². The molecule has 0 N–H and O–H groups in total. The smallest absolute Gasteiger partial charge is 0.218 e.